The van der Waals surface area contributed by atoms with Crippen molar-refractivity contribution in [3.05, 3.63) is 125 Å². The molecule has 0 aliphatic carbocycles. The largest absolute Gasteiger partial charge is 0.484 e. The van der Waals surface area contributed by atoms with Crippen LogP contribution in [0.4, 0.5) is 5.69 Å². The quantitative estimate of drug-likeness (QED) is 0.178. The summed E-state index contributed by atoms with van der Waals surface area (Å²) in [6.45, 7) is 4.96. The highest BCUT2D eigenvalue weighted by atomic mass is 32.2. The van der Waals surface area contributed by atoms with Gasteiger partial charge >= 0.3 is 0 Å². The SMILES string of the molecule is Cc1ccc(S(=O)(=O)N(CC(=O)N/N=C\c2ccc(OCC(=O)N[C@@H](C)c3ccccc3)cc2)c2ccccc2C)cc1. The Balaban J connectivity index is 1.34. The van der Waals surface area contributed by atoms with Crippen molar-refractivity contribution >= 4 is 33.7 Å². The molecule has 4 rings (SSSR count). The zero-order valence-electron chi connectivity index (χ0n) is 24.2. The van der Waals surface area contributed by atoms with Crippen LogP contribution in [0.25, 0.3) is 0 Å². The lowest BCUT2D eigenvalue weighted by molar-refractivity contribution is -0.123. The number of sulfonamides is 1. The number of nitrogens with one attached hydrogen (secondary N) is 2. The molecule has 1 atom stereocenters. The second-order valence-electron chi connectivity index (χ2n) is 9.96. The maximum absolute atomic E-state index is 13.5. The van der Waals surface area contributed by atoms with Gasteiger partial charge in [-0.15, -0.1) is 0 Å². The van der Waals surface area contributed by atoms with Gasteiger partial charge in [0.15, 0.2) is 6.61 Å². The monoisotopic (exact) mass is 598 g/mol. The lowest BCUT2D eigenvalue weighted by Crippen LogP contribution is -2.40. The van der Waals surface area contributed by atoms with E-state index in [9.17, 15) is 18.0 Å². The third kappa shape index (κ3) is 8.52. The van der Waals surface area contributed by atoms with Crippen LogP contribution in [0.3, 0.4) is 0 Å². The van der Waals surface area contributed by atoms with Gasteiger partial charge in [-0.1, -0.05) is 66.2 Å². The first-order chi connectivity index (χ1) is 20.6. The van der Waals surface area contributed by atoms with Crippen molar-refractivity contribution in [3.63, 3.8) is 0 Å². The van der Waals surface area contributed by atoms with Crippen LogP contribution < -0.4 is 19.8 Å². The molecule has 0 heterocycles. The van der Waals surface area contributed by atoms with Crippen molar-refractivity contribution in [2.45, 2.75) is 31.7 Å². The van der Waals surface area contributed by atoms with Gasteiger partial charge in [-0.3, -0.25) is 13.9 Å². The van der Waals surface area contributed by atoms with Crippen molar-refractivity contribution < 1.29 is 22.7 Å². The fourth-order valence-corrected chi connectivity index (χ4v) is 5.72. The van der Waals surface area contributed by atoms with Gasteiger partial charge in [-0.25, -0.2) is 13.8 Å². The van der Waals surface area contributed by atoms with E-state index >= 15 is 0 Å². The van der Waals surface area contributed by atoms with E-state index in [-0.39, 0.29) is 23.5 Å². The normalized spacial score (nSPS) is 12.0. The summed E-state index contributed by atoms with van der Waals surface area (Å²) >= 11 is 0. The van der Waals surface area contributed by atoms with Crippen LogP contribution in [-0.4, -0.2) is 39.6 Å². The predicted octanol–water partition coefficient (Wildman–Crippen LogP) is 4.91. The molecule has 2 N–H and O–H groups in total. The first-order valence-electron chi connectivity index (χ1n) is 13.7. The van der Waals surface area contributed by atoms with Crippen LogP contribution in [0.1, 0.15) is 35.2 Å². The number of hydrazone groups is 1. The molecule has 9 nitrogen and oxygen atoms in total. The Morgan fingerprint density at radius 2 is 1.51 bits per heavy atom. The van der Waals surface area contributed by atoms with E-state index in [4.69, 9.17) is 4.74 Å². The summed E-state index contributed by atoms with van der Waals surface area (Å²) in [5, 5.41) is 6.89. The minimum atomic E-state index is -4.02. The third-order valence-corrected chi connectivity index (χ3v) is 8.38. The van der Waals surface area contributed by atoms with E-state index < -0.39 is 22.5 Å². The van der Waals surface area contributed by atoms with Gasteiger partial charge in [-0.2, -0.15) is 5.10 Å². The van der Waals surface area contributed by atoms with Crippen molar-refractivity contribution in [2.24, 2.45) is 5.10 Å². The van der Waals surface area contributed by atoms with Gasteiger partial charge in [-0.05, 0) is 79.9 Å². The lowest BCUT2D eigenvalue weighted by Gasteiger charge is -2.25. The highest BCUT2D eigenvalue weighted by Crippen LogP contribution is 2.26. The number of hydrogen-bond acceptors (Lipinski definition) is 6. The Hall–Kier alpha value is -4.96. The molecule has 10 heteroatoms. The van der Waals surface area contributed by atoms with Crippen molar-refractivity contribution in [3.8, 4) is 5.75 Å². The van der Waals surface area contributed by atoms with E-state index in [1.807, 2.05) is 44.2 Å². The summed E-state index contributed by atoms with van der Waals surface area (Å²) in [4.78, 5) is 25.2. The number of rotatable bonds is 12. The van der Waals surface area contributed by atoms with Crippen LogP contribution in [0.2, 0.25) is 0 Å². The van der Waals surface area contributed by atoms with Crippen LogP contribution in [0.5, 0.6) is 5.75 Å². The topological polar surface area (TPSA) is 117 Å². The summed E-state index contributed by atoms with van der Waals surface area (Å²) in [6, 6.07) is 29.8. The molecule has 0 saturated carbocycles. The molecule has 0 aromatic heterocycles. The van der Waals surface area contributed by atoms with Crippen LogP contribution in [0, 0.1) is 13.8 Å². The first kappa shape index (κ1) is 31.0. The van der Waals surface area contributed by atoms with Gasteiger partial charge in [0.1, 0.15) is 12.3 Å². The van der Waals surface area contributed by atoms with Crippen molar-refractivity contribution in [1.82, 2.24) is 10.7 Å². The number of para-hydroxylation sites is 1. The molecule has 43 heavy (non-hydrogen) atoms. The van der Waals surface area contributed by atoms with Crippen molar-refractivity contribution in [1.29, 1.82) is 0 Å². The zero-order chi connectivity index (χ0) is 30.8. The second-order valence-corrected chi connectivity index (χ2v) is 11.8. The van der Waals surface area contributed by atoms with Gasteiger partial charge in [0.2, 0.25) is 0 Å². The van der Waals surface area contributed by atoms with Gasteiger partial charge in [0.25, 0.3) is 21.8 Å². The number of carbonyl (C=O) groups excluding carboxylic acids is 2. The fourth-order valence-electron chi connectivity index (χ4n) is 4.23. The number of aryl methyl sites for hydroxylation is 2. The smallest absolute Gasteiger partial charge is 0.264 e. The van der Waals surface area contributed by atoms with Gasteiger partial charge in [0.05, 0.1) is 22.8 Å². The standard InChI is InChI=1S/C33H34N4O5S/c1-24-13-19-30(20-14-24)43(40,41)37(31-12-8-7-9-25(31)2)22-32(38)36-34-21-27-15-17-29(18-16-27)42-23-33(39)35-26(3)28-10-5-4-6-11-28/h4-21,26H,22-23H2,1-3H3,(H,35,39)(H,36,38)/b34-21-/t26-/m0/s1. The third-order valence-electron chi connectivity index (χ3n) is 6.61. The second kappa shape index (κ2) is 14.3. The average molecular weight is 599 g/mol. The van der Waals surface area contributed by atoms with E-state index in [1.165, 1.54) is 18.3 Å². The number of anilines is 1. The van der Waals surface area contributed by atoms with Crippen molar-refractivity contribution in [2.75, 3.05) is 17.5 Å². The molecule has 0 aliphatic rings. The van der Waals surface area contributed by atoms with Gasteiger partial charge < -0.3 is 10.1 Å². The summed E-state index contributed by atoms with van der Waals surface area (Å²) in [5.41, 5.74) is 6.11. The molecule has 0 saturated heterocycles. The number of ether oxygens (including phenoxy) is 1. The molecule has 0 unspecified atom stereocenters. The van der Waals surface area contributed by atoms with E-state index in [2.05, 4.69) is 15.8 Å². The molecule has 222 valence electrons. The Morgan fingerprint density at radius 3 is 2.19 bits per heavy atom. The predicted molar refractivity (Wildman–Crippen MR) is 168 cm³/mol. The molecule has 0 radical (unpaired) electrons. The molecule has 2 amide bonds. The molecular formula is C33H34N4O5S. The summed E-state index contributed by atoms with van der Waals surface area (Å²) in [7, 11) is -4.02. The van der Waals surface area contributed by atoms with Crippen LogP contribution in [-0.2, 0) is 19.6 Å². The Bertz CT molecular complexity index is 1670. The molecule has 4 aromatic rings. The maximum atomic E-state index is 13.5. The zero-order valence-corrected chi connectivity index (χ0v) is 25.0. The highest BCUT2D eigenvalue weighted by molar-refractivity contribution is 7.92. The average Bonchev–Trinajstić information content (AvgIpc) is 3.00. The minimum Gasteiger partial charge on any atom is -0.484 e. The molecule has 0 bridgehead atoms. The molecule has 4 aromatic carbocycles. The molecular weight excluding hydrogens is 564 g/mol. The fraction of sp³-hybridized carbons (Fsp3) is 0.182. The van der Waals surface area contributed by atoms with Crippen LogP contribution >= 0.6 is 0 Å². The van der Waals surface area contributed by atoms with Gasteiger partial charge in [0, 0.05) is 0 Å². The highest BCUT2D eigenvalue weighted by Gasteiger charge is 2.28. The minimum absolute atomic E-state index is 0.0863. The number of nitrogens with zero attached hydrogens (tertiary/aromatic N) is 2. The first-order valence-corrected chi connectivity index (χ1v) is 15.1. The maximum Gasteiger partial charge on any atom is 0.264 e. The summed E-state index contributed by atoms with van der Waals surface area (Å²) < 4.78 is 33.8. The summed E-state index contributed by atoms with van der Waals surface area (Å²) in [6.07, 6.45) is 1.43. The Labute approximate surface area is 252 Å². The number of amides is 2. The molecule has 0 spiro atoms. The summed E-state index contributed by atoms with van der Waals surface area (Å²) in [5.74, 6) is -0.349. The van der Waals surface area contributed by atoms with E-state index in [1.54, 1.807) is 67.6 Å². The Morgan fingerprint density at radius 1 is 0.860 bits per heavy atom. The molecule has 0 fully saturated rings. The number of carbonyl (C=O) groups is 2. The van der Waals surface area contributed by atoms with Crippen LogP contribution in [0.15, 0.2) is 113 Å². The molecule has 0 aliphatic heterocycles. The number of hydrogen-bond donors (Lipinski definition) is 2. The Kier molecular flexibility index (Phi) is 10.3. The number of benzene rings is 4. The van der Waals surface area contributed by atoms with E-state index in [0.717, 1.165) is 15.4 Å². The lowest BCUT2D eigenvalue weighted by atomic mass is 10.1. The van der Waals surface area contributed by atoms with E-state index in [0.29, 0.717) is 22.6 Å².